The zero-order valence-electron chi connectivity index (χ0n) is 8.33. The van der Waals surface area contributed by atoms with E-state index in [9.17, 15) is 4.79 Å². The lowest BCUT2D eigenvalue weighted by atomic mass is 10.2. The van der Waals surface area contributed by atoms with E-state index in [0.717, 1.165) is 30.9 Å². The Labute approximate surface area is 97.8 Å². The normalized spacial score (nSPS) is 10.5. The molecule has 0 aliphatic carbocycles. The lowest BCUT2D eigenvalue weighted by Crippen LogP contribution is -2.16. The summed E-state index contributed by atoms with van der Waals surface area (Å²) in [7, 11) is 0. The lowest BCUT2D eigenvalue weighted by molar-refractivity contribution is -0.118. The van der Waals surface area contributed by atoms with Gasteiger partial charge in [0.2, 0.25) is 5.91 Å². The van der Waals surface area contributed by atoms with Gasteiger partial charge < -0.3 is 11.1 Å². The molecule has 0 aliphatic rings. The Morgan fingerprint density at radius 3 is 3.00 bits per heavy atom. The number of nitrogens with zero attached hydrogens (tertiary/aromatic N) is 1. The van der Waals surface area contributed by atoms with Gasteiger partial charge in [-0.05, 0) is 19.4 Å². The summed E-state index contributed by atoms with van der Waals surface area (Å²) in [6, 6.07) is 0. The number of carbonyl (C=O) groups is 1. The minimum Gasteiger partial charge on any atom is -0.370 e. The highest BCUT2D eigenvalue weighted by Gasteiger charge is 1.99. The third-order valence-electron chi connectivity index (χ3n) is 1.83. The summed E-state index contributed by atoms with van der Waals surface area (Å²) in [5, 5.41) is 4.21. The van der Waals surface area contributed by atoms with Crippen LogP contribution in [0.1, 0.15) is 24.3 Å². The first kappa shape index (κ1) is 12.4. The van der Waals surface area contributed by atoms with Crippen LogP contribution in [0.2, 0.25) is 4.34 Å². The number of nitrogens with one attached hydrogen (secondary N) is 1. The van der Waals surface area contributed by atoms with Gasteiger partial charge in [0.1, 0.15) is 9.34 Å². The second-order valence-electron chi connectivity index (χ2n) is 3.16. The average molecular weight is 248 g/mol. The number of hydrogen-bond donors (Lipinski definition) is 2. The van der Waals surface area contributed by atoms with Crippen molar-refractivity contribution in [3.63, 3.8) is 0 Å². The number of primary amides is 1. The van der Waals surface area contributed by atoms with Gasteiger partial charge in [-0.3, -0.25) is 4.79 Å². The van der Waals surface area contributed by atoms with Gasteiger partial charge in [-0.2, -0.15) is 0 Å². The Balaban J connectivity index is 2.00. The molecule has 0 radical (unpaired) electrons. The maximum absolute atomic E-state index is 10.4. The van der Waals surface area contributed by atoms with Gasteiger partial charge in [0.15, 0.2) is 0 Å². The van der Waals surface area contributed by atoms with Gasteiger partial charge in [0, 0.05) is 13.0 Å². The highest BCUT2D eigenvalue weighted by atomic mass is 35.5. The number of hydrogen-bond acceptors (Lipinski definition) is 4. The number of unbranched alkanes of at least 4 members (excludes halogenated alkanes) is 1. The number of thiazole rings is 1. The van der Waals surface area contributed by atoms with Crippen LogP contribution in [0.5, 0.6) is 0 Å². The predicted octanol–water partition coefficient (Wildman–Crippen LogP) is 1.54. The minimum absolute atomic E-state index is 0.235. The van der Waals surface area contributed by atoms with Crippen LogP contribution in [0.15, 0.2) is 6.20 Å². The molecule has 1 amide bonds. The van der Waals surface area contributed by atoms with Gasteiger partial charge >= 0.3 is 0 Å². The van der Waals surface area contributed by atoms with Crippen molar-refractivity contribution in [3.8, 4) is 0 Å². The molecule has 1 rings (SSSR count). The molecular formula is C9H14ClN3OS. The predicted molar refractivity (Wildman–Crippen MR) is 61.9 cm³/mol. The molecule has 0 aromatic carbocycles. The van der Waals surface area contributed by atoms with Crippen molar-refractivity contribution >= 4 is 28.8 Å². The van der Waals surface area contributed by atoms with Crippen LogP contribution in [-0.4, -0.2) is 17.4 Å². The van der Waals surface area contributed by atoms with Crippen molar-refractivity contribution in [3.05, 3.63) is 15.5 Å². The van der Waals surface area contributed by atoms with Gasteiger partial charge in [-0.1, -0.05) is 11.6 Å². The highest BCUT2D eigenvalue weighted by molar-refractivity contribution is 7.15. The van der Waals surface area contributed by atoms with Crippen molar-refractivity contribution < 1.29 is 4.79 Å². The summed E-state index contributed by atoms with van der Waals surface area (Å²) in [6.45, 7) is 1.60. The fourth-order valence-corrected chi connectivity index (χ4v) is 2.04. The largest absolute Gasteiger partial charge is 0.370 e. The molecule has 1 aromatic rings. The van der Waals surface area contributed by atoms with E-state index in [1.165, 1.54) is 11.3 Å². The van der Waals surface area contributed by atoms with Crippen LogP contribution < -0.4 is 11.1 Å². The number of halogens is 1. The molecule has 3 N–H and O–H groups in total. The summed E-state index contributed by atoms with van der Waals surface area (Å²) in [6.07, 6.45) is 3.89. The zero-order valence-corrected chi connectivity index (χ0v) is 9.90. The summed E-state index contributed by atoms with van der Waals surface area (Å²) in [5.41, 5.74) is 5.02. The minimum atomic E-state index is -0.235. The Hall–Kier alpha value is -0.650. The van der Waals surface area contributed by atoms with E-state index in [-0.39, 0.29) is 5.91 Å². The Bertz CT molecular complexity index is 316. The summed E-state index contributed by atoms with van der Waals surface area (Å²) in [4.78, 5) is 14.5. The maximum atomic E-state index is 10.4. The second-order valence-corrected chi connectivity index (χ2v) is 4.90. The van der Waals surface area contributed by atoms with Gasteiger partial charge in [0.25, 0.3) is 0 Å². The molecule has 0 saturated heterocycles. The van der Waals surface area contributed by atoms with Crippen molar-refractivity contribution in [2.75, 3.05) is 6.54 Å². The van der Waals surface area contributed by atoms with Gasteiger partial charge in [-0.15, -0.1) is 11.3 Å². The first-order valence-electron chi connectivity index (χ1n) is 4.77. The summed E-state index contributed by atoms with van der Waals surface area (Å²) in [5.74, 6) is -0.235. The molecule has 1 heterocycles. The number of rotatable bonds is 7. The molecular weight excluding hydrogens is 234 g/mol. The molecule has 0 saturated carbocycles. The number of amides is 1. The van der Waals surface area contributed by atoms with Crippen LogP contribution >= 0.6 is 22.9 Å². The molecule has 0 atom stereocenters. The van der Waals surface area contributed by atoms with Crippen LogP contribution in [0.4, 0.5) is 0 Å². The zero-order chi connectivity index (χ0) is 11.1. The fraction of sp³-hybridized carbons (Fsp3) is 0.556. The smallest absolute Gasteiger partial charge is 0.217 e. The average Bonchev–Trinajstić information content (AvgIpc) is 2.57. The second kappa shape index (κ2) is 6.76. The Morgan fingerprint density at radius 2 is 2.40 bits per heavy atom. The van der Waals surface area contributed by atoms with Crippen molar-refractivity contribution in [2.45, 2.75) is 25.8 Å². The number of nitrogens with two attached hydrogens (primary N) is 1. The van der Waals surface area contributed by atoms with E-state index in [4.69, 9.17) is 17.3 Å². The van der Waals surface area contributed by atoms with E-state index >= 15 is 0 Å². The summed E-state index contributed by atoms with van der Waals surface area (Å²) >= 11 is 7.21. The van der Waals surface area contributed by atoms with E-state index in [0.29, 0.717) is 10.8 Å². The SMILES string of the molecule is NC(=O)CCCCNCc1ncc(Cl)s1. The first-order valence-corrected chi connectivity index (χ1v) is 5.97. The molecule has 0 fully saturated rings. The monoisotopic (exact) mass is 247 g/mol. The number of aromatic nitrogens is 1. The van der Waals surface area contributed by atoms with Crippen molar-refractivity contribution in [2.24, 2.45) is 5.73 Å². The Morgan fingerprint density at radius 1 is 1.60 bits per heavy atom. The third kappa shape index (κ3) is 5.71. The van der Waals surface area contributed by atoms with Gasteiger partial charge in [0.05, 0.1) is 6.20 Å². The highest BCUT2D eigenvalue weighted by Crippen LogP contribution is 2.17. The lowest BCUT2D eigenvalue weighted by Gasteiger charge is -2.00. The van der Waals surface area contributed by atoms with Crippen molar-refractivity contribution in [1.82, 2.24) is 10.3 Å². The molecule has 0 unspecified atom stereocenters. The van der Waals surface area contributed by atoms with E-state index in [2.05, 4.69) is 10.3 Å². The quantitative estimate of drug-likeness (QED) is 0.719. The fourth-order valence-electron chi connectivity index (χ4n) is 1.11. The molecule has 4 nitrogen and oxygen atoms in total. The van der Waals surface area contributed by atoms with E-state index in [1.807, 2.05) is 0 Å². The van der Waals surface area contributed by atoms with Crippen LogP contribution in [0.25, 0.3) is 0 Å². The topological polar surface area (TPSA) is 68.0 Å². The van der Waals surface area contributed by atoms with Crippen LogP contribution in [-0.2, 0) is 11.3 Å². The van der Waals surface area contributed by atoms with Crippen molar-refractivity contribution in [1.29, 1.82) is 0 Å². The molecule has 0 bridgehead atoms. The molecule has 84 valence electrons. The molecule has 1 aromatic heterocycles. The van der Waals surface area contributed by atoms with Crippen LogP contribution in [0, 0.1) is 0 Å². The van der Waals surface area contributed by atoms with E-state index in [1.54, 1.807) is 6.20 Å². The molecule has 6 heteroatoms. The Kier molecular flexibility index (Phi) is 5.60. The first-order chi connectivity index (χ1) is 7.18. The third-order valence-corrected chi connectivity index (χ3v) is 2.94. The molecule has 0 spiro atoms. The van der Waals surface area contributed by atoms with E-state index < -0.39 is 0 Å². The van der Waals surface area contributed by atoms with Crippen LogP contribution in [0.3, 0.4) is 0 Å². The van der Waals surface area contributed by atoms with Gasteiger partial charge in [-0.25, -0.2) is 4.98 Å². The standard InChI is InChI=1S/C9H14ClN3OS/c10-7-5-13-9(15-7)6-12-4-2-1-3-8(11)14/h5,12H,1-4,6H2,(H2,11,14). The maximum Gasteiger partial charge on any atom is 0.217 e. The summed E-state index contributed by atoms with van der Waals surface area (Å²) < 4.78 is 0.709. The molecule has 15 heavy (non-hydrogen) atoms. The number of carbonyl (C=O) groups excluding carboxylic acids is 1. The molecule has 0 aliphatic heterocycles.